The second-order valence-corrected chi connectivity index (χ2v) is 6.60. The Bertz CT molecular complexity index is 677. The van der Waals surface area contributed by atoms with Crippen LogP contribution in [-0.4, -0.2) is 43.2 Å². The molecule has 0 aliphatic rings. The van der Waals surface area contributed by atoms with Crippen molar-refractivity contribution >= 4 is 33.2 Å². The van der Waals surface area contributed by atoms with Gasteiger partial charge in [-0.2, -0.15) is 4.31 Å². The number of sulfonamides is 1. The van der Waals surface area contributed by atoms with Gasteiger partial charge in [0.25, 0.3) is 5.69 Å². The van der Waals surface area contributed by atoms with Crippen LogP contribution in [0.5, 0.6) is 0 Å². The van der Waals surface area contributed by atoms with Crippen molar-refractivity contribution in [2.75, 3.05) is 19.6 Å². The fourth-order valence-corrected chi connectivity index (χ4v) is 3.59. The van der Waals surface area contributed by atoms with Gasteiger partial charge < -0.3 is 5.32 Å². The molecule has 0 radical (unpaired) electrons. The molecule has 0 aliphatic heterocycles. The minimum atomic E-state index is -4.22. The van der Waals surface area contributed by atoms with E-state index in [9.17, 15) is 23.3 Å². The number of amides is 1. The number of rotatable bonds is 7. The fourth-order valence-electron chi connectivity index (χ4n) is 1.76. The summed E-state index contributed by atoms with van der Waals surface area (Å²) in [6.45, 7) is 3.16. The minimum absolute atomic E-state index is 0.0108. The third kappa shape index (κ3) is 4.15. The van der Waals surface area contributed by atoms with Crippen LogP contribution in [0.1, 0.15) is 13.8 Å². The Morgan fingerprint density at radius 2 is 2.05 bits per heavy atom. The summed E-state index contributed by atoms with van der Waals surface area (Å²) < 4.78 is 26.0. The van der Waals surface area contributed by atoms with Gasteiger partial charge in [-0.25, -0.2) is 8.42 Å². The molecule has 0 spiro atoms. The summed E-state index contributed by atoms with van der Waals surface area (Å²) in [5.41, 5.74) is -0.584. The molecule has 22 heavy (non-hydrogen) atoms. The average Bonchev–Trinajstić information content (AvgIpc) is 2.44. The summed E-state index contributed by atoms with van der Waals surface area (Å²) in [4.78, 5) is 21.3. The standard InChI is InChI=1S/C12H16ClN3O5S/c1-3-14-12(17)8-15(4-2)22(20,21)11-7-9(13)5-6-10(11)16(18)19/h5-7H,3-4,8H2,1-2H3,(H,14,17). The molecule has 0 bridgehead atoms. The van der Waals surface area contributed by atoms with E-state index in [4.69, 9.17) is 11.6 Å². The number of carbonyl (C=O) groups is 1. The van der Waals surface area contributed by atoms with Crippen molar-refractivity contribution in [3.05, 3.63) is 33.3 Å². The first-order chi connectivity index (χ1) is 10.2. The number of likely N-dealkylation sites (N-methyl/N-ethyl adjacent to an activating group) is 2. The third-order valence-electron chi connectivity index (χ3n) is 2.78. The second kappa shape index (κ2) is 7.52. The van der Waals surface area contributed by atoms with Crippen LogP contribution in [0, 0.1) is 10.1 Å². The summed E-state index contributed by atoms with van der Waals surface area (Å²) in [5.74, 6) is -0.488. The van der Waals surface area contributed by atoms with Gasteiger partial charge in [0.2, 0.25) is 15.9 Å². The topological polar surface area (TPSA) is 110 Å². The van der Waals surface area contributed by atoms with Crippen LogP contribution < -0.4 is 5.32 Å². The summed E-state index contributed by atoms with van der Waals surface area (Å²) in [6.07, 6.45) is 0. The largest absolute Gasteiger partial charge is 0.355 e. The first kappa shape index (κ1) is 18.3. The van der Waals surface area contributed by atoms with E-state index in [1.54, 1.807) is 6.92 Å². The highest BCUT2D eigenvalue weighted by Crippen LogP contribution is 2.29. The number of nitrogens with one attached hydrogen (secondary N) is 1. The van der Waals surface area contributed by atoms with E-state index in [1.807, 2.05) is 0 Å². The van der Waals surface area contributed by atoms with E-state index in [0.717, 1.165) is 16.4 Å². The predicted octanol–water partition coefficient (Wildman–Crippen LogP) is 1.39. The molecule has 0 fully saturated rings. The van der Waals surface area contributed by atoms with Crippen LogP contribution in [0.25, 0.3) is 0 Å². The lowest BCUT2D eigenvalue weighted by molar-refractivity contribution is -0.387. The molecule has 0 heterocycles. The quantitative estimate of drug-likeness (QED) is 0.591. The van der Waals surface area contributed by atoms with Gasteiger partial charge in [-0.05, 0) is 19.1 Å². The zero-order valence-electron chi connectivity index (χ0n) is 12.1. The van der Waals surface area contributed by atoms with Crippen molar-refractivity contribution in [3.8, 4) is 0 Å². The zero-order valence-corrected chi connectivity index (χ0v) is 13.6. The zero-order chi connectivity index (χ0) is 16.9. The molecule has 0 unspecified atom stereocenters. The molecular weight excluding hydrogens is 334 g/mol. The molecule has 10 heteroatoms. The number of nitro groups is 1. The van der Waals surface area contributed by atoms with E-state index in [0.29, 0.717) is 6.54 Å². The van der Waals surface area contributed by atoms with Gasteiger partial charge in [0.05, 0.1) is 11.5 Å². The van der Waals surface area contributed by atoms with Crippen molar-refractivity contribution < 1.29 is 18.1 Å². The first-order valence-electron chi connectivity index (χ1n) is 6.44. The summed E-state index contributed by atoms with van der Waals surface area (Å²) in [7, 11) is -4.22. The summed E-state index contributed by atoms with van der Waals surface area (Å²) in [5, 5.41) is 13.5. The third-order valence-corrected chi connectivity index (χ3v) is 4.97. The van der Waals surface area contributed by atoms with Gasteiger partial charge in [0.1, 0.15) is 0 Å². The first-order valence-corrected chi connectivity index (χ1v) is 8.26. The monoisotopic (exact) mass is 349 g/mol. The minimum Gasteiger partial charge on any atom is -0.355 e. The van der Waals surface area contributed by atoms with Gasteiger partial charge in [-0.15, -0.1) is 0 Å². The predicted molar refractivity (Wildman–Crippen MR) is 81.2 cm³/mol. The molecule has 0 aliphatic carbocycles. The maximum absolute atomic E-state index is 12.6. The molecule has 0 atom stereocenters. The molecule has 8 nitrogen and oxygen atoms in total. The summed E-state index contributed by atoms with van der Waals surface area (Å²) >= 11 is 5.75. The average molecular weight is 350 g/mol. The van der Waals surface area contributed by atoms with Crippen LogP contribution >= 0.6 is 11.6 Å². The van der Waals surface area contributed by atoms with Crippen LogP contribution in [0.15, 0.2) is 23.1 Å². The van der Waals surface area contributed by atoms with Gasteiger partial charge in [-0.1, -0.05) is 18.5 Å². The number of nitro benzene ring substituents is 1. The Balaban J connectivity index is 3.29. The Labute approximate surface area is 133 Å². The Hall–Kier alpha value is -1.71. The summed E-state index contributed by atoms with van der Waals surface area (Å²) in [6, 6.07) is 3.27. The lowest BCUT2D eigenvalue weighted by atomic mass is 10.3. The molecule has 1 rings (SSSR count). The molecule has 1 N–H and O–H groups in total. The van der Waals surface area contributed by atoms with Crippen LogP contribution in [-0.2, 0) is 14.8 Å². The van der Waals surface area contributed by atoms with Crippen molar-refractivity contribution in [3.63, 3.8) is 0 Å². The maximum atomic E-state index is 12.6. The Kier molecular flexibility index (Phi) is 6.27. The molecule has 0 aromatic heterocycles. The van der Waals surface area contributed by atoms with Crippen molar-refractivity contribution in [2.45, 2.75) is 18.7 Å². The molecule has 0 saturated heterocycles. The van der Waals surface area contributed by atoms with E-state index in [1.165, 1.54) is 13.0 Å². The van der Waals surface area contributed by atoms with Crippen molar-refractivity contribution in [1.29, 1.82) is 0 Å². The van der Waals surface area contributed by atoms with Crippen LogP contribution in [0.4, 0.5) is 5.69 Å². The fraction of sp³-hybridized carbons (Fsp3) is 0.417. The van der Waals surface area contributed by atoms with E-state index in [-0.39, 0.29) is 11.6 Å². The SMILES string of the molecule is CCNC(=O)CN(CC)S(=O)(=O)c1cc(Cl)ccc1[N+](=O)[O-]. The maximum Gasteiger partial charge on any atom is 0.289 e. The lowest BCUT2D eigenvalue weighted by Gasteiger charge is -2.19. The van der Waals surface area contributed by atoms with E-state index in [2.05, 4.69) is 5.32 Å². The Morgan fingerprint density at radius 1 is 1.41 bits per heavy atom. The number of hydrogen-bond acceptors (Lipinski definition) is 5. The van der Waals surface area contributed by atoms with Crippen molar-refractivity contribution in [1.82, 2.24) is 9.62 Å². The number of benzene rings is 1. The molecule has 1 amide bonds. The highest BCUT2D eigenvalue weighted by molar-refractivity contribution is 7.89. The number of hydrogen-bond donors (Lipinski definition) is 1. The highest BCUT2D eigenvalue weighted by atomic mass is 35.5. The number of halogens is 1. The van der Waals surface area contributed by atoms with Crippen LogP contribution in [0.2, 0.25) is 5.02 Å². The highest BCUT2D eigenvalue weighted by Gasteiger charge is 2.32. The normalized spacial score (nSPS) is 11.5. The Morgan fingerprint density at radius 3 is 2.55 bits per heavy atom. The molecule has 1 aromatic carbocycles. The molecule has 1 aromatic rings. The number of carbonyl (C=O) groups excluding carboxylic acids is 1. The van der Waals surface area contributed by atoms with Gasteiger partial charge in [0.15, 0.2) is 4.90 Å². The van der Waals surface area contributed by atoms with E-state index >= 15 is 0 Å². The molecule has 0 saturated carbocycles. The van der Waals surface area contributed by atoms with Crippen LogP contribution in [0.3, 0.4) is 0 Å². The van der Waals surface area contributed by atoms with Gasteiger partial charge in [-0.3, -0.25) is 14.9 Å². The number of nitrogens with zero attached hydrogens (tertiary/aromatic N) is 2. The smallest absolute Gasteiger partial charge is 0.289 e. The van der Waals surface area contributed by atoms with Crippen molar-refractivity contribution in [2.24, 2.45) is 0 Å². The molecule has 122 valence electrons. The van der Waals surface area contributed by atoms with Gasteiger partial charge in [0, 0.05) is 24.2 Å². The molecular formula is C12H16ClN3O5S. The second-order valence-electron chi connectivity index (χ2n) is 4.25. The van der Waals surface area contributed by atoms with E-state index < -0.39 is 38.0 Å². The van der Waals surface area contributed by atoms with Gasteiger partial charge >= 0.3 is 0 Å². The lowest BCUT2D eigenvalue weighted by Crippen LogP contribution is -2.40.